The first-order valence-electron chi connectivity index (χ1n) is 4.77. The highest BCUT2D eigenvalue weighted by Gasteiger charge is 2.30. The molecule has 1 atom stereocenters. The summed E-state index contributed by atoms with van der Waals surface area (Å²) in [6, 6.07) is 8.68. The van der Waals surface area contributed by atoms with Crippen molar-refractivity contribution in [2.45, 2.75) is 6.10 Å². The maximum absolute atomic E-state index is 11.8. The average Bonchev–Trinajstić information content (AvgIpc) is 2.30. The Kier molecular flexibility index (Phi) is 2.78. The third kappa shape index (κ3) is 2.05. The monoisotopic (exact) mass is 205 g/mol. The average molecular weight is 205 g/mol. The molecule has 1 unspecified atom stereocenters. The lowest BCUT2D eigenvalue weighted by atomic mass is 10.1. The molecule has 0 spiro atoms. The number of ether oxygens (including phenoxy) is 1. The molecule has 78 valence electrons. The summed E-state index contributed by atoms with van der Waals surface area (Å²) in [5, 5.41) is 2.60. The fraction of sp³-hybridized carbons (Fsp3) is 0.273. The molecule has 2 rings (SSSR count). The Morgan fingerprint density at radius 1 is 1.33 bits per heavy atom. The molecule has 1 aliphatic rings. The lowest BCUT2D eigenvalue weighted by Gasteiger charge is -2.21. The Labute approximate surface area is 87.2 Å². The highest BCUT2D eigenvalue weighted by atomic mass is 16.5. The molecule has 1 heterocycles. The normalized spacial score (nSPS) is 20.8. The van der Waals surface area contributed by atoms with Gasteiger partial charge in [-0.2, -0.15) is 0 Å². The van der Waals surface area contributed by atoms with Crippen LogP contribution in [0.2, 0.25) is 0 Å². The van der Waals surface area contributed by atoms with Crippen LogP contribution in [-0.2, 0) is 9.53 Å². The largest absolute Gasteiger partial charge is 0.358 e. The summed E-state index contributed by atoms with van der Waals surface area (Å²) in [5.41, 5.74) is 0.500. The van der Waals surface area contributed by atoms with E-state index in [1.165, 1.54) is 0 Å². The summed E-state index contributed by atoms with van der Waals surface area (Å²) in [6.45, 7) is 0.854. The fourth-order valence-electron chi connectivity index (χ4n) is 1.47. The number of Topliss-reactive ketones (excluding diaryl/α,β-unsaturated/α-hetero) is 1. The van der Waals surface area contributed by atoms with Crippen molar-refractivity contribution in [2.24, 2.45) is 0 Å². The van der Waals surface area contributed by atoms with Crippen molar-refractivity contribution in [3.05, 3.63) is 35.9 Å². The van der Waals surface area contributed by atoms with Gasteiger partial charge in [0.05, 0.1) is 6.61 Å². The van der Waals surface area contributed by atoms with Gasteiger partial charge in [0.2, 0.25) is 5.78 Å². The number of carbonyl (C=O) groups excluding carboxylic acids is 2. The van der Waals surface area contributed by atoms with Crippen molar-refractivity contribution < 1.29 is 14.3 Å². The molecule has 0 aromatic heterocycles. The van der Waals surface area contributed by atoms with Gasteiger partial charge in [-0.1, -0.05) is 30.3 Å². The number of morpholine rings is 1. The molecule has 1 aliphatic heterocycles. The van der Waals surface area contributed by atoms with E-state index in [2.05, 4.69) is 5.32 Å². The first-order chi connectivity index (χ1) is 7.29. The molecule has 1 N–H and O–H groups in total. The van der Waals surface area contributed by atoms with Crippen LogP contribution in [0.3, 0.4) is 0 Å². The summed E-state index contributed by atoms with van der Waals surface area (Å²) in [5.74, 6) is -0.636. The second kappa shape index (κ2) is 4.23. The maximum Gasteiger partial charge on any atom is 0.257 e. The molecule has 0 radical (unpaired) electrons. The third-order valence-corrected chi connectivity index (χ3v) is 2.22. The van der Waals surface area contributed by atoms with Crippen molar-refractivity contribution in [1.29, 1.82) is 0 Å². The van der Waals surface area contributed by atoms with Gasteiger partial charge < -0.3 is 10.1 Å². The molecule has 4 heteroatoms. The lowest BCUT2D eigenvalue weighted by molar-refractivity contribution is -0.134. The number of hydrogen-bond donors (Lipinski definition) is 1. The van der Waals surface area contributed by atoms with E-state index < -0.39 is 6.10 Å². The molecule has 1 amide bonds. The minimum Gasteiger partial charge on any atom is -0.358 e. The topological polar surface area (TPSA) is 55.4 Å². The van der Waals surface area contributed by atoms with Crippen LogP contribution >= 0.6 is 0 Å². The third-order valence-electron chi connectivity index (χ3n) is 2.22. The number of amides is 1. The van der Waals surface area contributed by atoms with Crippen LogP contribution in [0.1, 0.15) is 10.4 Å². The Hall–Kier alpha value is -1.68. The predicted molar refractivity (Wildman–Crippen MR) is 53.5 cm³/mol. The van der Waals surface area contributed by atoms with Crippen LogP contribution in [0.4, 0.5) is 0 Å². The standard InChI is InChI=1S/C11H11NO3/c13-9(8-4-2-1-3-5-8)10-11(14)12-6-7-15-10/h1-5,10H,6-7H2,(H,12,14). The van der Waals surface area contributed by atoms with E-state index in [0.717, 1.165) is 0 Å². The summed E-state index contributed by atoms with van der Waals surface area (Å²) < 4.78 is 5.14. The molecule has 1 aromatic rings. The highest BCUT2D eigenvalue weighted by Crippen LogP contribution is 2.08. The molecule has 1 aromatic carbocycles. The van der Waals surface area contributed by atoms with Crippen LogP contribution in [0.5, 0.6) is 0 Å². The van der Waals surface area contributed by atoms with Crippen LogP contribution < -0.4 is 5.32 Å². The molecule has 4 nitrogen and oxygen atoms in total. The van der Waals surface area contributed by atoms with Crippen LogP contribution in [0.15, 0.2) is 30.3 Å². The van der Waals surface area contributed by atoms with Gasteiger partial charge in [-0.3, -0.25) is 9.59 Å². The minimum absolute atomic E-state index is 0.284. The maximum atomic E-state index is 11.8. The van der Waals surface area contributed by atoms with E-state index in [0.29, 0.717) is 18.7 Å². The molecule has 1 fully saturated rings. The van der Waals surface area contributed by atoms with Crippen molar-refractivity contribution in [2.75, 3.05) is 13.2 Å². The Balaban J connectivity index is 2.17. The van der Waals surface area contributed by atoms with Gasteiger partial charge in [0.15, 0.2) is 6.10 Å². The van der Waals surface area contributed by atoms with Gasteiger partial charge in [0.25, 0.3) is 5.91 Å². The Morgan fingerprint density at radius 2 is 2.07 bits per heavy atom. The second-order valence-electron chi connectivity index (χ2n) is 3.27. The summed E-state index contributed by atoms with van der Waals surface area (Å²) in [6.07, 6.45) is -0.985. The number of nitrogens with one attached hydrogen (secondary N) is 1. The fourth-order valence-corrected chi connectivity index (χ4v) is 1.47. The van der Waals surface area contributed by atoms with Crippen LogP contribution in [-0.4, -0.2) is 30.9 Å². The minimum atomic E-state index is -0.985. The summed E-state index contributed by atoms with van der Waals surface area (Å²) >= 11 is 0. The molecular weight excluding hydrogens is 194 g/mol. The van der Waals surface area contributed by atoms with Crippen LogP contribution in [0.25, 0.3) is 0 Å². The Bertz CT molecular complexity index is 375. The number of benzene rings is 1. The number of carbonyl (C=O) groups is 2. The SMILES string of the molecule is O=C1NCCOC1C(=O)c1ccccc1. The number of rotatable bonds is 2. The molecule has 1 saturated heterocycles. The van der Waals surface area contributed by atoms with E-state index in [4.69, 9.17) is 4.74 Å². The quantitative estimate of drug-likeness (QED) is 0.561. The first kappa shape index (κ1) is 9.86. The summed E-state index contributed by atoms with van der Waals surface area (Å²) in [4.78, 5) is 23.2. The van der Waals surface area contributed by atoms with Gasteiger partial charge >= 0.3 is 0 Å². The highest BCUT2D eigenvalue weighted by molar-refractivity contribution is 6.12. The second-order valence-corrected chi connectivity index (χ2v) is 3.27. The van der Waals surface area contributed by atoms with Gasteiger partial charge in [0.1, 0.15) is 0 Å². The molecule has 0 aliphatic carbocycles. The van der Waals surface area contributed by atoms with Gasteiger partial charge in [-0.15, -0.1) is 0 Å². The number of ketones is 1. The zero-order valence-corrected chi connectivity index (χ0v) is 8.10. The van der Waals surface area contributed by atoms with Crippen molar-refractivity contribution >= 4 is 11.7 Å². The molecule has 15 heavy (non-hydrogen) atoms. The zero-order chi connectivity index (χ0) is 10.7. The lowest BCUT2D eigenvalue weighted by Crippen LogP contribution is -2.48. The number of hydrogen-bond acceptors (Lipinski definition) is 3. The van der Waals surface area contributed by atoms with Crippen LogP contribution in [0, 0.1) is 0 Å². The smallest absolute Gasteiger partial charge is 0.257 e. The van der Waals surface area contributed by atoms with E-state index in [1.807, 2.05) is 6.07 Å². The zero-order valence-electron chi connectivity index (χ0n) is 8.10. The van der Waals surface area contributed by atoms with Crippen molar-refractivity contribution in [3.8, 4) is 0 Å². The summed E-state index contributed by atoms with van der Waals surface area (Å²) in [7, 11) is 0. The molecule has 0 saturated carbocycles. The molecule has 0 bridgehead atoms. The van der Waals surface area contributed by atoms with Crippen molar-refractivity contribution in [3.63, 3.8) is 0 Å². The van der Waals surface area contributed by atoms with Gasteiger partial charge in [-0.05, 0) is 0 Å². The van der Waals surface area contributed by atoms with E-state index in [9.17, 15) is 9.59 Å². The van der Waals surface area contributed by atoms with Crippen molar-refractivity contribution in [1.82, 2.24) is 5.32 Å². The molecular formula is C11H11NO3. The first-order valence-corrected chi connectivity index (χ1v) is 4.77. The van der Waals surface area contributed by atoms with E-state index in [-0.39, 0.29) is 11.7 Å². The van der Waals surface area contributed by atoms with E-state index >= 15 is 0 Å². The van der Waals surface area contributed by atoms with E-state index in [1.54, 1.807) is 24.3 Å². The van der Waals surface area contributed by atoms with Gasteiger partial charge in [-0.25, -0.2) is 0 Å². The predicted octanol–water partition coefficient (Wildman–Crippen LogP) is 0.384. The Morgan fingerprint density at radius 3 is 2.73 bits per heavy atom. The van der Waals surface area contributed by atoms with Gasteiger partial charge in [0, 0.05) is 12.1 Å².